The first-order chi connectivity index (χ1) is 46.6. The molecule has 0 aliphatic rings. The van der Waals surface area contributed by atoms with Crippen molar-refractivity contribution in [1.82, 2.24) is 29.9 Å². The summed E-state index contributed by atoms with van der Waals surface area (Å²) < 4.78 is 138. The minimum atomic E-state index is -5.27. The van der Waals surface area contributed by atoms with Gasteiger partial charge in [0, 0.05) is 23.6 Å². The Labute approximate surface area is 685 Å². The van der Waals surface area contributed by atoms with Crippen LogP contribution < -0.4 is 99.3 Å². The quantitative estimate of drug-likeness (QED) is 0.00519. The first-order valence-corrected chi connectivity index (χ1v) is 37.0. The van der Waals surface area contributed by atoms with Gasteiger partial charge in [0.05, 0.1) is 38.4 Å². The molecule has 0 saturated carbocycles. The van der Waals surface area contributed by atoms with E-state index in [4.69, 9.17) is 71.7 Å². The van der Waals surface area contributed by atoms with Gasteiger partial charge in [0.2, 0.25) is 33.0 Å². The van der Waals surface area contributed by atoms with Crippen LogP contribution in [0.3, 0.4) is 0 Å². The van der Waals surface area contributed by atoms with E-state index in [1.165, 1.54) is 25.7 Å². The van der Waals surface area contributed by atoms with Crippen molar-refractivity contribution in [3.05, 3.63) is 118 Å². The van der Waals surface area contributed by atoms with Crippen molar-refractivity contribution in [2.45, 2.75) is 123 Å². The van der Waals surface area contributed by atoms with E-state index < -0.39 is 96.1 Å². The summed E-state index contributed by atoms with van der Waals surface area (Å²) in [5.41, 5.74) is -1.04. The maximum Gasteiger partial charge on any atom is 1.00 e. The molecule has 0 atom stereocenters. The van der Waals surface area contributed by atoms with Gasteiger partial charge in [0.25, 0.3) is 10.1 Å². The fraction of sp³-hybridized carbons (Fsp3) is 0.333. The Balaban J connectivity index is 0.000000859. The summed E-state index contributed by atoms with van der Waals surface area (Å²) in [5.74, 6) is -2.25. The third-order valence-electron chi connectivity index (χ3n) is 13.4. The number of nitrogens with one attached hydrogen (secondary N) is 2. The van der Waals surface area contributed by atoms with Crippen molar-refractivity contribution in [3.63, 3.8) is 0 Å². The number of unbranched alkanes of at least 4 members (excludes halogenated alkanes) is 10. The zero-order chi connectivity index (χ0) is 71.6. The number of hydrogen-bond donors (Lipinski definition) is 4. The summed E-state index contributed by atoms with van der Waals surface area (Å²) in [4.78, 5) is 42.7. The first-order valence-electron chi connectivity index (χ1n) is 29.7. The molecule has 0 aliphatic heterocycles. The third-order valence-corrected chi connectivity index (χ3v) is 18.0. The summed E-state index contributed by atoms with van der Waals surface area (Å²) in [7, 11) is -18.0. The second kappa shape index (κ2) is 47.8. The van der Waals surface area contributed by atoms with Crippen LogP contribution in [0.2, 0.25) is 21.1 Å². The molecule has 6 aromatic carbocycles. The molecule has 30 nitrogen and oxygen atoms in total. The monoisotopic (exact) mass is 1630 g/mol. The van der Waals surface area contributed by atoms with E-state index >= 15 is 0 Å². The van der Waals surface area contributed by atoms with Crippen LogP contribution in [0.5, 0.6) is 11.5 Å². The van der Waals surface area contributed by atoms with Crippen LogP contribution >= 0.6 is 58.0 Å². The molecule has 0 aliphatic carbocycles. The fourth-order valence-corrected chi connectivity index (χ4v) is 12.5. The number of esters is 2. The van der Waals surface area contributed by atoms with E-state index in [9.17, 15) is 62.6 Å². The van der Waals surface area contributed by atoms with Crippen LogP contribution in [-0.4, -0.2) is 118 Å². The normalized spacial score (nSPS) is 11.2. The van der Waals surface area contributed by atoms with Crippen molar-refractivity contribution in [2.24, 2.45) is 20.5 Å². The molecule has 2 aromatic heterocycles. The molecule has 8 rings (SSSR count). The Hall–Kier alpha value is -4.78. The number of phenolic OH excluding ortho intramolecular Hbond substituents is 2. The van der Waals surface area contributed by atoms with E-state index in [-0.39, 0.29) is 189 Å². The number of carbonyl (C=O) groups is 2. The van der Waals surface area contributed by atoms with Gasteiger partial charge in [-0.15, -0.1) is 21.8 Å². The predicted molar refractivity (Wildman–Crippen MR) is 368 cm³/mol. The van der Waals surface area contributed by atoms with Crippen molar-refractivity contribution < 1.29 is 175 Å². The topological polar surface area (TPSA) is 466 Å². The molecule has 43 heteroatoms. The zero-order valence-corrected chi connectivity index (χ0v) is 68.9. The first kappa shape index (κ1) is 96.2. The minimum Gasteiger partial charge on any atom is -0.870 e. The molecule has 0 amide bonds. The van der Waals surface area contributed by atoms with Crippen molar-refractivity contribution in [1.29, 1.82) is 0 Å². The zero-order valence-electron chi connectivity index (χ0n) is 55.8. The fourth-order valence-electron chi connectivity index (χ4n) is 8.84. The van der Waals surface area contributed by atoms with Crippen LogP contribution in [0.4, 0.5) is 50.7 Å². The molecule has 0 bridgehead atoms. The average Bonchev–Trinajstić information content (AvgIpc) is 0.749. The molecular weight excluding hydrogens is 1570 g/mol. The molecule has 0 spiro atoms. The Kier molecular flexibility index (Phi) is 44.7. The van der Waals surface area contributed by atoms with E-state index in [1.807, 2.05) is 0 Å². The number of azo groups is 2. The predicted octanol–water partition coefficient (Wildman–Crippen LogP) is 6.37. The van der Waals surface area contributed by atoms with Gasteiger partial charge in [-0.25, -0.2) is 16.8 Å². The summed E-state index contributed by atoms with van der Waals surface area (Å²) in [5, 5.41) is 40.9. The van der Waals surface area contributed by atoms with Gasteiger partial charge in [0.1, 0.15) is 62.1 Å². The number of fused-ring (bicyclic) bond motifs is 2. The van der Waals surface area contributed by atoms with Crippen molar-refractivity contribution in [2.75, 3.05) is 36.3 Å². The number of aromatic nitrogens is 6. The van der Waals surface area contributed by atoms with Crippen LogP contribution in [0.1, 0.15) is 104 Å². The molecule has 8 aromatic rings. The number of anilines is 4. The van der Waals surface area contributed by atoms with E-state index in [2.05, 4.69) is 74.8 Å². The van der Waals surface area contributed by atoms with Gasteiger partial charge < -0.3 is 53.3 Å². The standard InChI is InChI=1S/C30H32Cl2N6O9S2.C19H11Cl2N6O6S2.C11H21ClO2.FH.3Na.H2O/c1-2-3-4-5-6-10-13-25(39)46-14-15-47-49(44,45)23-16-19-17-24(48(41,42)43)26(38-37-20-11-8-7-9-12-20)27(40)21(19)18-22(23)33-30-35-28(31)34-29(32)36-30;20-17-23-18(21)25-19(24-17)22-12-8-11-9(7-14(12)35(31,32)33)6-13(34(29)30)15(16(11)28)27-26-10-4-2-1-3-5-10;1-2-3-4-5-6-7-8-11(13)14-10-9-12;;;;;/h7-9,11-12,16-18,40H,2-6,10,13-15H2,1H3,(H,41,42,43)(H,33,34,35,36);1-8,28H,(H,31,32,33)(H,22,23,24,25);2-10H2,1H3;1H;;;;1H2/q;-1;;;3*+1;/p-3. The number of hydrogen-bond acceptors (Lipinski definition) is 31. The molecule has 5 N–H and O–H groups in total. The van der Waals surface area contributed by atoms with Crippen LogP contribution in [0.15, 0.2) is 137 Å². The second-order valence-corrected chi connectivity index (χ2v) is 27.5. The summed E-state index contributed by atoms with van der Waals surface area (Å²) >= 11 is 28.6. The number of rotatable bonds is 32. The summed E-state index contributed by atoms with van der Waals surface area (Å²) in [6.07, 6.45) is 13.7. The van der Waals surface area contributed by atoms with Crippen molar-refractivity contribution >= 4 is 179 Å². The van der Waals surface area contributed by atoms with Crippen LogP contribution in [-0.2, 0) is 72.7 Å². The molecule has 0 radical (unpaired) electrons. The van der Waals surface area contributed by atoms with E-state index in [1.54, 1.807) is 60.7 Å². The Morgan fingerprint density at radius 3 is 1.32 bits per heavy atom. The molecule has 0 fully saturated rings. The van der Waals surface area contributed by atoms with E-state index in [0.29, 0.717) is 31.0 Å². The minimum absolute atomic E-state index is 0. The largest absolute Gasteiger partial charge is 1.00 e. The van der Waals surface area contributed by atoms with E-state index in [0.717, 1.165) is 81.3 Å². The third kappa shape index (κ3) is 31.5. The second-order valence-electron chi connectivity index (χ2n) is 20.6. The number of ether oxygens (including phenoxy) is 2. The Morgan fingerprint density at radius 1 is 0.515 bits per heavy atom. The molecule has 2 heterocycles. The maximum atomic E-state index is 13.5. The molecule has 542 valence electrons. The van der Waals surface area contributed by atoms with Gasteiger partial charge >= 0.3 is 101 Å². The smallest absolute Gasteiger partial charge is 0.870 e. The molecule has 0 unspecified atom stereocenters. The van der Waals surface area contributed by atoms with Gasteiger partial charge in [-0.05, 0) is 140 Å². The van der Waals surface area contributed by atoms with Crippen molar-refractivity contribution in [3.8, 4) is 11.5 Å². The van der Waals surface area contributed by atoms with Crippen LogP contribution in [0.25, 0.3) is 21.5 Å². The molecule has 0 saturated heterocycles. The van der Waals surface area contributed by atoms with Gasteiger partial charge in [-0.1, -0.05) is 121 Å². The van der Waals surface area contributed by atoms with Crippen LogP contribution in [0, 0.1) is 0 Å². The number of nitrogens with zero attached hydrogens (tertiary/aromatic N) is 10. The number of aromatic hydroxyl groups is 2. The summed E-state index contributed by atoms with van der Waals surface area (Å²) in [6, 6.07) is 22.3. The van der Waals surface area contributed by atoms with Gasteiger partial charge in [0.15, 0.2) is 5.75 Å². The number of phenols is 2. The average molecular weight is 1630 g/mol. The summed E-state index contributed by atoms with van der Waals surface area (Å²) in [6.45, 7) is 3.71. The SMILES string of the molecule is CCCCCCCCC(=O)OCCCl.CCCCCCCCC(=O)OCCOS(=O)(=O)c1cc2cc(S(=O)(=O)[O-])c(N=Nc3ccccc3)c(O)c2cc1Nc1nc(Cl)nc(Cl)n1.F.O=[S-](=O)c1cc2cc(S(=O)(=O)[O-])c(Nc3nc(Cl)nc(Cl)n3)cc2c(O)c1N=Nc1ccccc1.[Na+].[Na+].[Na+].[OH-]. The molecular formula is C60H64Cl5FN12Na3O18S4-. The number of alkyl halides is 1. The maximum absolute atomic E-state index is 13.5. The number of carbonyl (C=O) groups excluding carboxylic acids is 2. The molecule has 103 heavy (non-hydrogen) atoms. The Bertz CT molecular complexity index is 4580. The van der Waals surface area contributed by atoms with Gasteiger partial charge in [-0.2, -0.15) is 48.6 Å². The van der Waals surface area contributed by atoms with Gasteiger partial charge in [-0.3, -0.25) is 18.5 Å². The number of benzene rings is 6. The number of halogens is 6. The Morgan fingerprint density at radius 2 is 0.893 bits per heavy atom.